The van der Waals surface area contributed by atoms with E-state index in [-0.39, 0.29) is 6.61 Å². The van der Waals surface area contributed by atoms with Gasteiger partial charge in [-0.1, -0.05) is 23.7 Å². The van der Waals surface area contributed by atoms with Crippen LogP contribution in [0.3, 0.4) is 0 Å². The minimum absolute atomic E-state index is 0.116. The highest BCUT2D eigenvalue weighted by atomic mass is 35.5. The zero-order valence-electron chi connectivity index (χ0n) is 21.5. The summed E-state index contributed by atoms with van der Waals surface area (Å²) in [5.74, 6) is 0.856. The molecule has 1 fully saturated rings. The molecule has 9 heteroatoms. The molecule has 1 unspecified atom stereocenters. The normalized spacial score (nSPS) is 18.3. The number of rotatable bonds is 7. The predicted octanol–water partition coefficient (Wildman–Crippen LogP) is 5.70. The van der Waals surface area contributed by atoms with Gasteiger partial charge in [0.1, 0.15) is 12.2 Å². The minimum atomic E-state index is -2.62. The molecule has 196 valence electrons. The quantitative estimate of drug-likeness (QED) is 0.262. The van der Waals surface area contributed by atoms with E-state index in [0.717, 1.165) is 18.5 Å². The SMILES string of the molecule is CP(C)(=O)c1cc(CO)ccc1Nc1nc(Nc2ccc3c(c2)CCC(N2CCCC2)CC3)ncc1Cl. The van der Waals surface area contributed by atoms with Crippen LogP contribution in [-0.2, 0) is 24.0 Å². The molecule has 2 aromatic carbocycles. The highest BCUT2D eigenvalue weighted by Crippen LogP contribution is 2.39. The molecule has 1 atom stereocenters. The van der Waals surface area contributed by atoms with E-state index in [2.05, 4.69) is 43.7 Å². The van der Waals surface area contributed by atoms with Crippen LogP contribution >= 0.6 is 18.7 Å². The van der Waals surface area contributed by atoms with Crippen LogP contribution in [-0.4, -0.2) is 52.4 Å². The monoisotopic (exact) mass is 539 g/mol. The van der Waals surface area contributed by atoms with Gasteiger partial charge in [0.2, 0.25) is 5.95 Å². The molecule has 0 radical (unpaired) electrons. The van der Waals surface area contributed by atoms with Gasteiger partial charge in [0.15, 0.2) is 5.82 Å². The zero-order chi connectivity index (χ0) is 26.0. The van der Waals surface area contributed by atoms with Gasteiger partial charge in [-0.3, -0.25) is 0 Å². The average molecular weight is 540 g/mol. The molecule has 1 aliphatic carbocycles. The van der Waals surface area contributed by atoms with Gasteiger partial charge >= 0.3 is 0 Å². The maximum atomic E-state index is 12.9. The van der Waals surface area contributed by atoms with Crippen LogP contribution in [0.1, 0.15) is 42.4 Å². The fourth-order valence-corrected chi connectivity index (χ4v) is 6.76. The molecule has 2 heterocycles. The van der Waals surface area contributed by atoms with Gasteiger partial charge in [0.05, 0.1) is 18.5 Å². The van der Waals surface area contributed by atoms with Crippen molar-refractivity contribution < 1.29 is 9.67 Å². The second-order valence-corrected chi connectivity index (χ2v) is 14.0. The van der Waals surface area contributed by atoms with Crippen molar-refractivity contribution >= 4 is 47.2 Å². The van der Waals surface area contributed by atoms with E-state index in [0.29, 0.717) is 39.4 Å². The summed E-state index contributed by atoms with van der Waals surface area (Å²) in [6.07, 6.45) is 8.88. The number of nitrogens with one attached hydrogen (secondary N) is 2. The number of hydrogen-bond acceptors (Lipinski definition) is 7. The van der Waals surface area contributed by atoms with E-state index in [1.807, 2.05) is 0 Å². The fourth-order valence-electron chi connectivity index (χ4n) is 5.44. The molecule has 2 aliphatic rings. The summed E-state index contributed by atoms with van der Waals surface area (Å²) in [5.41, 5.74) is 5.14. The number of likely N-dealkylation sites (tertiary alicyclic amines) is 1. The van der Waals surface area contributed by atoms with Gasteiger partial charge in [-0.15, -0.1) is 0 Å². The lowest BCUT2D eigenvalue weighted by molar-refractivity contribution is 0.222. The van der Waals surface area contributed by atoms with Gasteiger partial charge in [-0.25, -0.2) is 4.98 Å². The molecule has 1 saturated heterocycles. The van der Waals surface area contributed by atoms with Crippen molar-refractivity contribution in [3.05, 3.63) is 64.3 Å². The Kier molecular flexibility index (Phi) is 7.87. The summed E-state index contributed by atoms with van der Waals surface area (Å²) in [5, 5.41) is 17.1. The fraction of sp³-hybridized carbons (Fsp3) is 0.429. The Balaban J connectivity index is 1.33. The number of hydrogen-bond donors (Lipinski definition) is 3. The number of halogens is 1. The predicted molar refractivity (Wildman–Crippen MR) is 153 cm³/mol. The van der Waals surface area contributed by atoms with Crippen molar-refractivity contribution in [1.29, 1.82) is 0 Å². The molecular formula is C28H35ClN5O2P. The van der Waals surface area contributed by atoms with E-state index >= 15 is 0 Å². The third kappa shape index (κ3) is 6.18. The number of benzene rings is 2. The Morgan fingerprint density at radius 2 is 1.81 bits per heavy atom. The Labute approximate surface area is 224 Å². The first-order valence-electron chi connectivity index (χ1n) is 13.0. The Bertz CT molecular complexity index is 1320. The molecule has 37 heavy (non-hydrogen) atoms. The summed E-state index contributed by atoms with van der Waals surface area (Å²) in [7, 11) is -2.62. The first-order valence-corrected chi connectivity index (χ1v) is 16.0. The first kappa shape index (κ1) is 26.2. The number of anilines is 4. The molecule has 3 N–H and O–H groups in total. The van der Waals surface area contributed by atoms with Gasteiger partial charge in [0, 0.05) is 17.0 Å². The van der Waals surface area contributed by atoms with E-state index in [1.54, 1.807) is 37.7 Å². The Morgan fingerprint density at radius 1 is 1.05 bits per heavy atom. The van der Waals surface area contributed by atoms with Crippen molar-refractivity contribution in [2.75, 3.05) is 37.1 Å². The smallest absolute Gasteiger partial charge is 0.229 e. The maximum absolute atomic E-state index is 12.9. The third-order valence-electron chi connectivity index (χ3n) is 7.44. The number of fused-ring (bicyclic) bond motifs is 1. The highest BCUT2D eigenvalue weighted by molar-refractivity contribution is 7.70. The van der Waals surface area contributed by atoms with Crippen LogP contribution in [0, 0.1) is 0 Å². The third-order valence-corrected chi connectivity index (χ3v) is 9.24. The van der Waals surface area contributed by atoms with Gasteiger partial charge in [-0.05, 0) is 106 Å². The minimum Gasteiger partial charge on any atom is -0.392 e. The lowest BCUT2D eigenvalue weighted by Gasteiger charge is -2.25. The largest absolute Gasteiger partial charge is 0.392 e. The van der Waals surface area contributed by atoms with E-state index < -0.39 is 7.14 Å². The van der Waals surface area contributed by atoms with Gasteiger partial charge in [0.25, 0.3) is 0 Å². The van der Waals surface area contributed by atoms with Crippen molar-refractivity contribution in [3.63, 3.8) is 0 Å². The topological polar surface area (TPSA) is 90.4 Å². The lowest BCUT2D eigenvalue weighted by Crippen LogP contribution is -2.32. The van der Waals surface area contributed by atoms with Crippen molar-refractivity contribution in [2.45, 2.75) is 51.2 Å². The molecule has 1 aliphatic heterocycles. The molecule has 5 rings (SSSR count). The van der Waals surface area contributed by atoms with Crippen molar-refractivity contribution in [1.82, 2.24) is 14.9 Å². The van der Waals surface area contributed by atoms with Crippen LogP contribution in [0.25, 0.3) is 0 Å². The molecular weight excluding hydrogens is 505 g/mol. The first-order chi connectivity index (χ1) is 17.8. The second kappa shape index (κ2) is 11.1. The lowest BCUT2D eigenvalue weighted by atomic mass is 10.0. The summed E-state index contributed by atoms with van der Waals surface area (Å²) in [6, 6.07) is 12.6. The van der Waals surface area contributed by atoms with Crippen LogP contribution in [0.5, 0.6) is 0 Å². The number of aliphatic hydroxyl groups excluding tert-OH is 1. The average Bonchev–Trinajstić information content (AvgIpc) is 3.33. The van der Waals surface area contributed by atoms with E-state index in [1.165, 1.54) is 49.9 Å². The van der Waals surface area contributed by atoms with Crippen LogP contribution in [0.4, 0.5) is 23.1 Å². The van der Waals surface area contributed by atoms with E-state index in [4.69, 9.17) is 11.6 Å². The highest BCUT2D eigenvalue weighted by Gasteiger charge is 2.24. The van der Waals surface area contributed by atoms with Crippen molar-refractivity contribution in [3.8, 4) is 0 Å². The Hall–Kier alpha value is -2.44. The number of nitrogens with zero attached hydrogens (tertiary/aromatic N) is 3. The summed E-state index contributed by atoms with van der Waals surface area (Å²) in [6.45, 7) is 5.79. The molecule has 0 saturated carbocycles. The number of aryl methyl sites for hydroxylation is 2. The van der Waals surface area contributed by atoms with Crippen LogP contribution < -0.4 is 15.9 Å². The summed E-state index contributed by atoms with van der Waals surface area (Å²) in [4.78, 5) is 11.7. The molecule has 0 spiro atoms. The zero-order valence-corrected chi connectivity index (χ0v) is 23.2. The van der Waals surface area contributed by atoms with E-state index in [9.17, 15) is 9.67 Å². The maximum Gasteiger partial charge on any atom is 0.229 e. The van der Waals surface area contributed by atoms with Gasteiger partial charge < -0.3 is 25.2 Å². The molecule has 0 bridgehead atoms. The molecule has 0 amide bonds. The standard InChI is InChI=1S/C28H35ClN5O2P/c1-37(2,36)26-15-19(18-35)5-12-25(26)32-27-24(29)17-30-28(33-27)31-22-9-6-20-7-10-23(11-8-21(20)16-22)34-13-3-4-14-34/h5-6,9,12,15-17,23,35H,3-4,7-8,10-11,13-14,18H2,1-2H3,(H2,30,31,32,33). The van der Waals surface area contributed by atoms with Gasteiger partial charge in [-0.2, -0.15) is 4.98 Å². The van der Waals surface area contributed by atoms with Crippen LogP contribution in [0.2, 0.25) is 5.02 Å². The van der Waals surface area contributed by atoms with Crippen LogP contribution in [0.15, 0.2) is 42.6 Å². The second-order valence-electron chi connectivity index (χ2n) is 10.5. The number of aromatic nitrogens is 2. The molecule has 3 aromatic rings. The molecule has 1 aromatic heterocycles. The summed E-state index contributed by atoms with van der Waals surface area (Å²) >= 11 is 6.43. The number of aliphatic hydroxyl groups is 1. The van der Waals surface area contributed by atoms with Crippen molar-refractivity contribution in [2.24, 2.45) is 0 Å². The Morgan fingerprint density at radius 3 is 2.54 bits per heavy atom. The summed E-state index contributed by atoms with van der Waals surface area (Å²) < 4.78 is 12.9. The molecule has 7 nitrogen and oxygen atoms in total.